The molecule has 0 saturated heterocycles. The lowest BCUT2D eigenvalue weighted by Gasteiger charge is -2.33. The number of aryl methyl sites for hydroxylation is 1. The number of nitrogens with one attached hydrogen (secondary N) is 2. The molecule has 3 amide bonds. The molecule has 0 spiro atoms. The Morgan fingerprint density at radius 2 is 1.64 bits per heavy atom. The Morgan fingerprint density at radius 1 is 1.03 bits per heavy atom. The molecule has 0 radical (unpaired) electrons. The predicted octanol–water partition coefficient (Wildman–Crippen LogP) is 3.67. The third-order valence-corrected chi connectivity index (χ3v) is 5.35. The molecule has 0 aliphatic rings. The molecule has 36 heavy (non-hydrogen) atoms. The van der Waals surface area contributed by atoms with Crippen LogP contribution >= 0.6 is 0 Å². The van der Waals surface area contributed by atoms with Gasteiger partial charge in [-0.1, -0.05) is 31.2 Å². The highest BCUT2D eigenvalue weighted by Crippen LogP contribution is 2.25. The first kappa shape index (κ1) is 28.6. The van der Waals surface area contributed by atoms with Gasteiger partial charge in [-0.3, -0.25) is 9.59 Å². The lowest BCUT2D eigenvalue weighted by Crippen LogP contribution is -2.51. The fourth-order valence-corrected chi connectivity index (χ4v) is 3.56. The van der Waals surface area contributed by atoms with Gasteiger partial charge in [-0.05, 0) is 69.5 Å². The van der Waals surface area contributed by atoms with Gasteiger partial charge in [0.25, 0.3) is 5.91 Å². The van der Waals surface area contributed by atoms with Crippen LogP contribution in [0.25, 0.3) is 0 Å². The van der Waals surface area contributed by atoms with E-state index in [4.69, 9.17) is 9.47 Å². The van der Waals surface area contributed by atoms with E-state index in [9.17, 15) is 19.5 Å². The van der Waals surface area contributed by atoms with E-state index in [1.807, 2.05) is 19.1 Å². The van der Waals surface area contributed by atoms with Crippen LogP contribution in [-0.2, 0) is 20.7 Å². The lowest BCUT2D eigenvalue weighted by molar-refractivity contribution is -0.141. The second kappa shape index (κ2) is 12.9. The number of benzene rings is 2. The minimum Gasteiger partial charge on any atom is -0.497 e. The summed E-state index contributed by atoms with van der Waals surface area (Å²) in [5.41, 5.74) is 1.43. The molecule has 2 rings (SSSR count). The van der Waals surface area contributed by atoms with Crippen molar-refractivity contribution in [2.75, 3.05) is 25.6 Å². The van der Waals surface area contributed by atoms with Crippen LogP contribution in [-0.4, -0.2) is 59.8 Å². The standard InChI is InChI=1S/C27H37N3O6/c1-7-19-8-10-20(11-9-19)23(24(32)29-21-12-14-22(35-6)15-13-21)30(16-17-31)25(33)18(2)28-26(34)36-27(3,4)5/h8-15,18,23,31H,7,16-17H2,1-6H3,(H,28,34)(H,29,32). The normalized spacial score (nSPS) is 12.8. The van der Waals surface area contributed by atoms with Crippen molar-refractivity contribution in [2.45, 2.75) is 58.7 Å². The number of carbonyl (C=O) groups excluding carboxylic acids is 3. The molecule has 0 saturated carbocycles. The number of aliphatic hydroxyl groups excluding tert-OH is 1. The molecule has 3 N–H and O–H groups in total. The lowest BCUT2D eigenvalue weighted by atomic mass is 10.0. The van der Waals surface area contributed by atoms with Crippen LogP contribution in [0.5, 0.6) is 5.75 Å². The summed E-state index contributed by atoms with van der Waals surface area (Å²) >= 11 is 0. The van der Waals surface area contributed by atoms with Crippen LogP contribution in [0, 0.1) is 0 Å². The van der Waals surface area contributed by atoms with E-state index < -0.39 is 35.6 Å². The van der Waals surface area contributed by atoms with E-state index in [0.29, 0.717) is 17.0 Å². The second-order valence-electron chi connectivity index (χ2n) is 9.34. The molecule has 2 unspecified atom stereocenters. The van der Waals surface area contributed by atoms with Gasteiger partial charge in [0.05, 0.1) is 13.7 Å². The monoisotopic (exact) mass is 499 g/mol. The van der Waals surface area contributed by atoms with Crippen molar-refractivity contribution in [3.8, 4) is 5.75 Å². The van der Waals surface area contributed by atoms with Crippen molar-refractivity contribution in [1.29, 1.82) is 0 Å². The van der Waals surface area contributed by atoms with E-state index in [1.165, 1.54) is 11.8 Å². The van der Waals surface area contributed by atoms with Gasteiger partial charge in [-0.25, -0.2) is 4.79 Å². The fourth-order valence-electron chi connectivity index (χ4n) is 3.56. The molecular formula is C27H37N3O6. The predicted molar refractivity (Wildman–Crippen MR) is 138 cm³/mol. The zero-order chi connectivity index (χ0) is 26.9. The van der Waals surface area contributed by atoms with E-state index in [1.54, 1.807) is 64.3 Å². The van der Waals surface area contributed by atoms with Gasteiger partial charge in [-0.2, -0.15) is 0 Å². The Hall–Kier alpha value is -3.59. The summed E-state index contributed by atoms with van der Waals surface area (Å²) in [7, 11) is 1.55. The van der Waals surface area contributed by atoms with Crippen LogP contribution in [0.2, 0.25) is 0 Å². The van der Waals surface area contributed by atoms with Crippen LogP contribution in [0.4, 0.5) is 10.5 Å². The van der Waals surface area contributed by atoms with Crippen LogP contribution in [0.15, 0.2) is 48.5 Å². The highest BCUT2D eigenvalue weighted by molar-refractivity contribution is 5.99. The zero-order valence-electron chi connectivity index (χ0n) is 21.8. The van der Waals surface area contributed by atoms with Crippen LogP contribution in [0.1, 0.15) is 51.8 Å². The number of nitrogens with zero attached hydrogens (tertiary/aromatic N) is 1. The molecule has 2 atom stereocenters. The maximum atomic E-state index is 13.5. The molecule has 0 aliphatic heterocycles. The number of hydrogen-bond acceptors (Lipinski definition) is 6. The average molecular weight is 500 g/mol. The Balaban J connectivity index is 2.38. The molecule has 0 fully saturated rings. The number of methoxy groups -OCH3 is 1. The van der Waals surface area contributed by atoms with Gasteiger partial charge >= 0.3 is 6.09 Å². The summed E-state index contributed by atoms with van der Waals surface area (Å²) in [5, 5.41) is 15.1. The molecule has 0 heterocycles. The van der Waals surface area contributed by atoms with Gasteiger partial charge < -0.3 is 30.1 Å². The number of anilines is 1. The Bertz CT molecular complexity index is 1020. The van der Waals surface area contributed by atoms with Crippen molar-refractivity contribution < 1.29 is 29.0 Å². The maximum Gasteiger partial charge on any atom is 0.408 e. The molecular weight excluding hydrogens is 462 g/mol. The quantitative estimate of drug-likeness (QED) is 0.459. The number of carbonyl (C=O) groups is 3. The van der Waals surface area contributed by atoms with Gasteiger partial charge in [0.2, 0.25) is 5.91 Å². The minimum absolute atomic E-state index is 0.116. The fraction of sp³-hybridized carbons (Fsp3) is 0.444. The number of amides is 3. The average Bonchev–Trinajstić information content (AvgIpc) is 2.82. The minimum atomic E-state index is -1.06. The maximum absolute atomic E-state index is 13.5. The second-order valence-corrected chi connectivity index (χ2v) is 9.34. The van der Waals surface area contributed by atoms with Gasteiger partial charge in [0.1, 0.15) is 23.4 Å². The van der Waals surface area contributed by atoms with Crippen LogP contribution in [0.3, 0.4) is 0 Å². The smallest absolute Gasteiger partial charge is 0.408 e. The largest absolute Gasteiger partial charge is 0.497 e. The van der Waals surface area contributed by atoms with Gasteiger partial charge in [0.15, 0.2) is 0 Å². The Kier molecular flexibility index (Phi) is 10.3. The molecule has 9 heteroatoms. The van der Waals surface area contributed by atoms with Gasteiger partial charge in [-0.15, -0.1) is 0 Å². The first-order valence-electron chi connectivity index (χ1n) is 11.9. The molecule has 0 bridgehead atoms. The molecule has 0 aliphatic carbocycles. The molecule has 196 valence electrons. The number of ether oxygens (including phenoxy) is 2. The van der Waals surface area contributed by atoms with Crippen molar-refractivity contribution in [3.05, 3.63) is 59.7 Å². The molecule has 2 aromatic rings. The number of aliphatic hydroxyl groups is 1. The molecule has 2 aromatic carbocycles. The third kappa shape index (κ3) is 8.27. The summed E-state index contributed by atoms with van der Waals surface area (Å²) in [6, 6.07) is 12.1. The SMILES string of the molecule is CCc1ccc(C(C(=O)Nc2ccc(OC)cc2)N(CCO)C(=O)C(C)NC(=O)OC(C)(C)C)cc1. The first-order chi connectivity index (χ1) is 17.0. The summed E-state index contributed by atoms with van der Waals surface area (Å²) in [6.45, 7) is 8.20. The van der Waals surface area contributed by atoms with E-state index >= 15 is 0 Å². The molecule has 0 aromatic heterocycles. The van der Waals surface area contributed by atoms with Gasteiger partial charge in [0, 0.05) is 12.2 Å². The zero-order valence-corrected chi connectivity index (χ0v) is 21.8. The Labute approximate surface area is 212 Å². The highest BCUT2D eigenvalue weighted by atomic mass is 16.6. The number of rotatable bonds is 10. The summed E-state index contributed by atoms with van der Waals surface area (Å²) in [6.07, 6.45) is 0.0675. The summed E-state index contributed by atoms with van der Waals surface area (Å²) in [4.78, 5) is 40.5. The number of hydrogen-bond donors (Lipinski definition) is 3. The van der Waals surface area contributed by atoms with E-state index in [-0.39, 0.29) is 13.2 Å². The van der Waals surface area contributed by atoms with E-state index in [2.05, 4.69) is 10.6 Å². The summed E-state index contributed by atoms with van der Waals surface area (Å²) in [5.74, 6) is -0.362. The third-order valence-electron chi connectivity index (χ3n) is 5.35. The molecule has 9 nitrogen and oxygen atoms in total. The van der Waals surface area contributed by atoms with Crippen molar-refractivity contribution >= 4 is 23.6 Å². The van der Waals surface area contributed by atoms with Crippen molar-refractivity contribution in [2.24, 2.45) is 0 Å². The van der Waals surface area contributed by atoms with Crippen molar-refractivity contribution in [3.63, 3.8) is 0 Å². The van der Waals surface area contributed by atoms with E-state index in [0.717, 1.165) is 12.0 Å². The topological polar surface area (TPSA) is 117 Å². The Morgan fingerprint density at radius 3 is 2.14 bits per heavy atom. The number of alkyl carbamates (subject to hydrolysis) is 1. The van der Waals surface area contributed by atoms with Crippen LogP contribution < -0.4 is 15.4 Å². The summed E-state index contributed by atoms with van der Waals surface area (Å²) < 4.78 is 10.4. The highest BCUT2D eigenvalue weighted by Gasteiger charge is 2.34. The first-order valence-corrected chi connectivity index (χ1v) is 11.9. The van der Waals surface area contributed by atoms with Crippen molar-refractivity contribution in [1.82, 2.24) is 10.2 Å².